The van der Waals surface area contributed by atoms with E-state index in [4.69, 9.17) is 9.84 Å². The average molecular weight is 462 g/mol. The number of imide groups is 1. The van der Waals surface area contributed by atoms with Gasteiger partial charge in [-0.25, -0.2) is 0 Å². The zero-order chi connectivity index (χ0) is 24.1. The highest BCUT2D eigenvalue weighted by molar-refractivity contribution is 6.23. The van der Waals surface area contributed by atoms with Crippen LogP contribution in [0.4, 0.5) is 0 Å². The van der Waals surface area contributed by atoms with Crippen LogP contribution in [-0.2, 0) is 19.2 Å². The molecule has 4 atom stereocenters. The molecule has 7 nitrogen and oxygen atoms in total. The fourth-order valence-corrected chi connectivity index (χ4v) is 6.06. The van der Waals surface area contributed by atoms with Crippen molar-refractivity contribution in [3.8, 4) is 5.75 Å². The van der Waals surface area contributed by atoms with Crippen molar-refractivity contribution >= 4 is 23.4 Å². The number of amides is 2. The molecule has 0 spiro atoms. The Morgan fingerprint density at radius 3 is 2.47 bits per heavy atom. The summed E-state index contributed by atoms with van der Waals surface area (Å²) in [6.07, 6.45) is 4.17. The molecule has 0 saturated carbocycles. The summed E-state index contributed by atoms with van der Waals surface area (Å²) in [6.45, 7) is 3.85. The molecule has 1 fully saturated rings. The highest BCUT2D eigenvalue weighted by atomic mass is 16.5. The lowest BCUT2D eigenvalue weighted by Gasteiger charge is -2.42. The van der Waals surface area contributed by atoms with Crippen LogP contribution in [0.5, 0.6) is 5.75 Å². The molecule has 1 saturated heterocycles. The molecule has 3 aliphatic carbocycles. The Labute approximate surface area is 197 Å². The Morgan fingerprint density at radius 1 is 1.06 bits per heavy atom. The highest BCUT2D eigenvalue weighted by Gasteiger charge is 2.55. The lowest BCUT2D eigenvalue weighted by atomic mass is 9.59. The molecule has 0 radical (unpaired) electrons. The topological polar surface area (TPSA) is 101 Å². The number of likely N-dealkylation sites (tertiary alicyclic amines) is 1. The number of rotatable bonds is 5. The van der Waals surface area contributed by atoms with Crippen molar-refractivity contribution in [2.75, 3.05) is 19.8 Å². The van der Waals surface area contributed by atoms with Crippen LogP contribution >= 0.6 is 0 Å². The van der Waals surface area contributed by atoms with Crippen LogP contribution in [0.15, 0.2) is 58.7 Å². The second kappa shape index (κ2) is 8.47. The van der Waals surface area contributed by atoms with Crippen molar-refractivity contribution in [2.24, 2.45) is 17.8 Å². The first-order valence-corrected chi connectivity index (χ1v) is 11.8. The molecule has 1 aliphatic heterocycles. The van der Waals surface area contributed by atoms with Gasteiger partial charge in [-0.1, -0.05) is 23.8 Å². The van der Waals surface area contributed by atoms with E-state index in [9.17, 15) is 19.2 Å². The Balaban J connectivity index is 1.62. The smallest absolute Gasteiger partial charge is 0.233 e. The van der Waals surface area contributed by atoms with Crippen molar-refractivity contribution < 1.29 is 29.0 Å². The lowest BCUT2D eigenvalue weighted by molar-refractivity contribution is -0.139. The molecule has 1 heterocycles. The number of carbonyl (C=O) groups excluding carboxylic acids is 4. The van der Waals surface area contributed by atoms with E-state index in [0.29, 0.717) is 41.9 Å². The van der Waals surface area contributed by atoms with Gasteiger partial charge in [-0.3, -0.25) is 24.1 Å². The van der Waals surface area contributed by atoms with E-state index in [0.717, 1.165) is 11.1 Å². The summed E-state index contributed by atoms with van der Waals surface area (Å²) in [5, 5.41) is 9.00. The Kier molecular flexibility index (Phi) is 5.60. The highest BCUT2D eigenvalue weighted by Crippen LogP contribution is 2.55. The number of fused-ring (bicyclic) bond motifs is 3. The number of hydrogen-bond acceptors (Lipinski definition) is 6. The van der Waals surface area contributed by atoms with Gasteiger partial charge in [0.25, 0.3) is 0 Å². The van der Waals surface area contributed by atoms with Gasteiger partial charge in [-0.2, -0.15) is 0 Å². The normalized spacial score (nSPS) is 28.4. The van der Waals surface area contributed by atoms with Crippen LogP contribution in [-0.4, -0.2) is 53.1 Å². The lowest BCUT2D eigenvalue weighted by Crippen LogP contribution is -2.39. The molecular weight excluding hydrogens is 434 g/mol. The second-order valence-electron chi connectivity index (χ2n) is 9.29. The minimum Gasteiger partial charge on any atom is -0.491 e. The van der Waals surface area contributed by atoms with E-state index in [1.54, 1.807) is 26.0 Å². The van der Waals surface area contributed by atoms with Gasteiger partial charge in [0.05, 0.1) is 18.4 Å². The van der Waals surface area contributed by atoms with Crippen LogP contribution in [0.2, 0.25) is 0 Å². The predicted molar refractivity (Wildman–Crippen MR) is 123 cm³/mol. The molecule has 1 aromatic rings. The molecular formula is C27H27NO6. The van der Waals surface area contributed by atoms with Crippen molar-refractivity contribution in [3.05, 3.63) is 64.3 Å². The maximum Gasteiger partial charge on any atom is 0.233 e. The number of aliphatic hydroxyl groups excluding tert-OH is 1. The van der Waals surface area contributed by atoms with E-state index < -0.39 is 17.8 Å². The van der Waals surface area contributed by atoms with Crippen LogP contribution < -0.4 is 4.74 Å². The molecule has 1 aromatic carbocycles. The molecule has 34 heavy (non-hydrogen) atoms. The molecule has 5 rings (SSSR count). The zero-order valence-corrected chi connectivity index (χ0v) is 19.2. The molecule has 2 amide bonds. The third-order valence-electron chi connectivity index (χ3n) is 7.54. The van der Waals surface area contributed by atoms with E-state index in [1.807, 2.05) is 18.2 Å². The van der Waals surface area contributed by atoms with Crippen molar-refractivity contribution in [1.82, 2.24) is 4.90 Å². The number of ketones is 2. The number of benzene rings is 1. The predicted octanol–water partition coefficient (Wildman–Crippen LogP) is 2.51. The summed E-state index contributed by atoms with van der Waals surface area (Å²) >= 11 is 0. The Morgan fingerprint density at radius 2 is 1.79 bits per heavy atom. The SMILES string of the molecule is CCN1C(=O)[C@H]2[C@H](CC=C3[C@H](c4ccc(OCCO)cc4)C4=C(C[C@H]32)C(=O)C(C)=CC4=O)C1=O. The monoisotopic (exact) mass is 461 g/mol. The number of Topliss-reactive ketones (excluding diaryl/α,β-unsaturated/α-hetero) is 1. The molecule has 7 heteroatoms. The first-order chi connectivity index (χ1) is 16.4. The number of allylic oxidation sites excluding steroid dienone is 6. The van der Waals surface area contributed by atoms with Crippen LogP contribution in [0.3, 0.4) is 0 Å². The van der Waals surface area contributed by atoms with Gasteiger partial charge in [-0.05, 0) is 56.4 Å². The molecule has 176 valence electrons. The number of carbonyl (C=O) groups is 4. The molecule has 0 aromatic heterocycles. The standard InChI is InChI=1S/C27H27NO6/c1-3-28-26(32)18-9-8-17-19(23(18)27(28)33)13-20-24(21(30)12-14(2)25(20)31)22(17)15-4-6-16(7-5-15)34-11-10-29/h4-8,12,18-19,22-23,29H,3,9-11,13H2,1-2H3/t18-,19+,22-,23-/m0/s1. The third kappa shape index (κ3) is 3.29. The Bertz CT molecular complexity index is 1190. The molecule has 1 N–H and O–H groups in total. The number of ether oxygens (including phenoxy) is 1. The fraction of sp³-hybridized carbons (Fsp3) is 0.407. The van der Waals surface area contributed by atoms with E-state index in [-0.39, 0.29) is 42.5 Å². The third-order valence-corrected chi connectivity index (χ3v) is 7.54. The van der Waals surface area contributed by atoms with Gasteiger partial charge in [0.15, 0.2) is 11.6 Å². The quantitative estimate of drug-likeness (QED) is 0.411. The van der Waals surface area contributed by atoms with Gasteiger partial charge in [0.1, 0.15) is 12.4 Å². The molecule has 4 aliphatic rings. The number of hydrogen-bond donors (Lipinski definition) is 1. The summed E-state index contributed by atoms with van der Waals surface area (Å²) in [5.74, 6) is -1.74. The summed E-state index contributed by atoms with van der Waals surface area (Å²) in [6, 6.07) is 7.28. The summed E-state index contributed by atoms with van der Waals surface area (Å²) < 4.78 is 5.47. The van der Waals surface area contributed by atoms with Crippen molar-refractivity contribution in [3.63, 3.8) is 0 Å². The van der Waals surface area contributed by atoms with Crippen molar-refractivity contribution in [1.29, 1.82) is 0 Å². The Hall–Kier alpha value is -3.32. The fourth-order valence-electron chi connectivity index (χ4n) is 6.06. The minimum atomic E-state index is -0.509. The number of aliphatic hydroxyl groups is 1. The average Bonchev–Trinajstić information content (AvgIpc) is 3.09. The van der Waals surface area contributed by atoms with Gasteiger partial charge in [0.2, 0.25) is 11.8 Å². The maximum absolute atomic E-state index is 13.3. The largest absolute Gasteiger partial charge is 0.491 e. The van der Waals surface area contributed by atoms with Crippen LogP contribution in [0.25, 0.3) is 0 Å². The van der Waals surface area contributed by atoms with Gasteiger partial charge in [0, 0.05) is 29.2 Å². The van der Waals surface area contributed by atoms with Crippen LogP contribution in [0, 0.1) is 17.8 Å². The number of nitrogens with zero attached hydrogens (tertiary/aromatic N) is 1. The maximum atomic E-state index is 13.3. The van der Waals surface area contributed by atoms with Gasteiger partial charge >= 0.3 is 0 Å². The van der Waals surface area contributed by atoms with Gasteiger partial charge in [-0.15, -0.1) is 0 Å². The zero-order valence-electron chi connectivity index (χ0n) is 19.2. The van der Waals surface area contributed by atoms with Gasteiger partial charge < -0.3 is 9.84 Å². The first kappa shape index (κ1) is 22.5. The summed E-state index contributed by atoms with van der Waals surface area (Å²) in [5.41, 5.74) is 3.12. The van der Waals surface area contributed by atoms with Crippen LogP contribution in [0.1, 0.15) is 38.2 Å². The minimum absolute atomic E-state index is 0.0957. The van der Waals surface area contributed by atoms with E-state index in [2.05, 4.69) is 0 Å². The first-order valence-electron chi connectivity index (χ1n) is 11.8. The summed E-state index contributed by atoms with van der Waals surface area (Å²) in [7, 11) is 0. The van der Waals surface area contributed by atoms with Crippen molar-refractivity contribution in [2.45, 2.75) is 32.6 Å². The van der Waals surface area contributed by atoms with E-state index >= 15 is 0 Å². The van der Waals surface area contributed by atoms with E-state index in [1.165, 1.54) is 11.0 Å². The molecule has 0 unspecified atom stereocenters. The second-order valence-corrected chi connectivity index (χ2v) is 9.29. The summed E-state index contributed by atoms with van der Waals surface area (Å²) in [4.78, 5) is 53.9. The molecule has 0 bridgehead atoms.